The molecule has 8 heteroatoms. The Morgan fingerprint density at radius 2 is 2.44 bits per heavy atom. The van der Waals surface area contributed by atoms with Crippen molar-refractivity contribution in [3.63, 3.8) is 0 Å². The molecule has 0 aliphatic carbocycles. The number of nitrogens with one attached hydrogen (secondary N) is 1. The average molecular weight is 287 g/mol. The number of hydrogen-bond donors (Lipinski definition) is 2. The molecule has 1 unspecified atom stereocenters. The first-order chi connectivity index (χ1) is 8.58. The van der Waals surface area contributed by atoms with Crippen LogP contribution in [0.2, 0.25) is 0 Å². The van der Waals surface area contributed by atoms with Gasteiger partial charge in [0.2, 0.25) is 0 Å². The maximum Gasteiger partial charge on any atom is 0.327 e. The zero-order chi connectivity index (χ0) is 13.1. The molecule has 0 saturated carbocycles. The Bertz CT molecular complexity index is 463. The summed E-state index contributed by atoms with van der Waals surface area (Å²) in [5.74, 6) is -0.0982. The molecule has 1 aliphatic rings. The Hall–Kier alpha value is -1.28. The van der Waals surface area contributed by atoms with Crippen molar-refractivity contribution in [2.75, 3.05) is 11.6 Å². The van der Waals surface area contributed by atoms with Crippen molar-refractivity contribution in [1.29, 1.82) is 0 Å². The van der Waals surface area contributed by atoms with E-state index in [-0.39, 0.29) is 6.03 Å². The summed E-state index contributed by atoms with van der Waals surface area (Å²) >= 11 is 2.96. The summed E-state index contributed by atoms with van der Waals surface area (Å²) < 4.78 is 0. The number of carbonyl (C=O) groups excluding carboxylic acids is 1. The van der Waals surface area contributed by atoms with Crippen LogP contribution in [-0.4, -0.2) is 44.7 Å². The maximum absolute atomic E-state index is 11.9. The fourth-order valence-corrected chi connectivity index (χ4v) is 3.46. The number of carbonyl (C=O) groups is 2. The van der Waals surface area contributed by atoms with Crippen LogP contribution >= 0.6 is 23.1 Å². The number of thioether (sulfide) groups is 1. The molecule has 1 aromatic rings. The quantitative estimate of drug-likeness (QED) is 0.870. The summed E-state index contributed by atoms with van der Waals surface area (Å²) in [6.45, 7) is 2.28. The summed E-state index contributed by atoms with van der Waals surface area (Å²) in [7, 11) is 0. The van der Waals surface area contributed by atoms with E-state index in [0.29, 0.717) is 18.2 Å². The van der Waals surface area contributed by atoms with E-state index in [1.807, 2.05) is 6.92 Å². The molecule has 1 saturated heterocycles. The molecule has 0 aromatic carbocycles. The first-order valence-corrected chi connectivity index (χ1v) is 7.31. The molecule has 2 rings (SSSR count). The third-order valence-corrected chi connectivity index (χ3v) is 4.41. The minimum Gasteiger partial charge on any atom is -0.480 e. The van der Waals surface area contributed by atoms with Crippen molar-refractivity contribution in [3.05, 3.63) is 16.1 Å². The predicted molar refractivity (Wildman–Crippen MR) is 69.7 cm³/mol. The standard InChI is InChI=1S/C10H13N3O3S2/c1-6-2-11-8(18-6)3-12-10(16)13-5-17-4-7(13)9(14)15/h2,7H,3-5H2,1H3,(H,12,16)(H,14,15). The second-order valence-corrected chi connectivity index (χ2v) is 6.17. The third-order valence-electron chi connectivity index (χ3n) is 2.49. The highest BCUT2D eigenvalue weighted by atomic mass is 32.2. The number of nitrogens with zero attached hydrogens (tertiary/aromatic N) is 2. The van der Waals surface area contributed by atoms with Crippen molar-refractivity contribution >= 4 is 35.1 Å². The Kier molecular flexibility index (Phi) is 4.07. The second kappa shape index (κ2) is 5.57. The maximum atomic E-state index is 11.9. The van der Waals surface area contributed by atoms with Crippen LogP contribution in [0.3, 0.4) is 0 Å². The van der Waals surface area contributed by atoms with Gasteiger partial charge < -0.3 is 15.3 Å². The van der Waals surface area contributed by atoms with Gasteiger partial charge in [-0.15, -0.1) is 23.1 Å². The predicted octanol–water partition coefficient (Wildman–Crippen LogP) is 1.12. The first kappa shape index (κ1) is 13.2. The zero-order valence-corrected chi connectivity index (χ0v) is 11.4. The van der Waals surface area contributed by atoms with Gasteiger partial charge in [-0.3, -0.25) is 0 Å². The smallest absolute Gasteiger partial charge is 0.327 e. The number of rotatable bonds is 3. The van der Waals surface area contributed by atoms with Gasteiger partial charge in [0.1, 0.15) is 11.0 Å². The molecule has 0 radical (unpaired) electrons. The molecule has 1 fully saturated rings. The molecule has 2 heterocycles. The van der Waals surface area contributed by atoms with E-state index in [0.717, 1.165) is 9.88 Å². The number of carboxylic acid groups (broad SMARTS) is 1. The second-order valence-electron chi connectivity index (χ2n) is 3.85. The molecule has 1 aliphatic heterocycles. The fraction of sp³-hybridized carbons (Fsp3) is 0.500. The molecule has 98 valence electrons. The van der Waals surface area contributed by atoms with Crippen molar-refractivity contribution in [2.24, 2.45) is 0 Å². The number of thiazole rings is 1. The van der Waals surface area contributed by atoms with Crippen molar-refractivity contribution < 1.29 is 14.7 Å². The topological polar surface area (TPSA) is 82.5 Å². The molecular weight excluding hydrogens is 274 g/mol. The van der Waals surface area contributed by atoms with Crippen LogP contribution in [0.25, 0.3) is 0 Å². The highest BCUT2D eigenvalue weighted by molar-refractivity contribution is 7.99. The van der Waals surface area contributed by atoms with Crippen LogP contribution in [-0.2, 0) is 11.3 Å². The van der Waals surface area contributed by atoms with Gasteiger partial charge in [-0.2, -0.15) is 0 Å². The van der Waals surface area contributed by atoms with E-state index >= 15 is 0 Å². The van der Waals surface area contributed by atoms with Gasteiger partial charge in [-0.05, 0) is 6.92 Å². The van der Waals surface area contributed by atoms with E-state index in [1.54, 1.807) is 6.20 Å². The lowest BCUT2D eigenvalue weighted by Crippen LogP contribution is -2.46. The van der Waals surface area contributed by atoms with Crippen LogP contribution in [0.4, 0.5) is 4.79 Å². The average Bonchev–Trinajstić information content (AvgIpc) is 2.94. The van der Waals surface area contributed by atoms with E-state index in [9.17, 15) is 9.59 Å². The monoisotopic (exact) mass is 287 g/mol. The lowest BCUT2D eigenvalue weighted by Gasteiger charge is -2.20. The molecule has 6 nitrogen and oxygen atoms in total. The molecule has 1 aromatic heterocycles. The lowest BCUT2D eigenvalue weighted by molar-refractivity contribution is -0.140. The number of hydrogen-bond acceptors (Lipinski definition) is 5. The van der Waals surface area contributed by atoms with E-state index in [2.05, 4.69) is 10.3 Å². The van der Waals surface area contributed by atoms with Gasteiger partial charge in [-0.25, -0.2) is 14.6 Å². The van der Waals surface area contributed by atoms with Crippen molar-refractivity contribution in [3.8, 4) is 0 Å². The number of amides is 2. The van der Waals surface area contributed by atoms with Gasteiger partial charge in [-0.1, -0.05) is 0 Å². The summed E-state index contributed by atoms with van der Waals surface area (Å²) in [6.07, 6.45) is 1.75. The third kappa shape index (κ3) is 2.94. The Labute approximate surface area is 112 Å². The molecule has 18 heavy (non-hydrogen) atoms. The van der Waals surface area contributed by atoms with Crippen LogP contribution in [0, 0.1) is 6.92 Å². The molecule has 0 bridgehead atoms. The molecule has 1 atom stereocenters. The van der Waals surface area contributed by atoms with Gasteiger partial charge >= 0.3 is 12.0 Å². The minimum absolute atomic E-state index is 0.338. The lowest BCUT2D eigenvalue weighted by atomic mass is 10.3. The fourth-order valence-electron chi connectivity index (χ4n) is 1.58. The summed E-state index contributed by atoms with van der Waals surface area (Å²) in [5, 5.41) is 12.5. The Balaban J connectivity index is 1.89. The molecule has 2 amide bonds. The van der Waals surface area contributed by atoms with Crippen LogP contribution < -0.4 is 5.32 Å². The highest BCUT2D eigenvalue weighted by Gasteiger charge is 2.34. The number of aryl methyl sites for hydroxylation is 1. The summed E-state index contributed by atoms with van der Waals surface area (Å²) in [5.41, 5.74) is 0. The zero-order valence-electron chi connectivity index (χ0n) is 9.75. The SMILES string of the molecule is Cc1cnc(CNC(=O)N2CSCC2C(=O)O)s1. The molecular formula is C10H13N3O3S2. The molecule has 0 spiro atoms. The van der Waals surface area contributed by atoms with Gasteiger partial charge in [0.15, 0.2) is 0 Å². The highest BCUT2D eigenvalue weighted by Crippen LogP contribution is 2.21. The van der Waals surface area contributed by atoms with Crippen molar-refractivity contribution in [2.45, 2.75) is 19.5 Å². The number of aliphatic carboxylic acids is 1. The Morgan fingerprint density at radius 3 is 3.06 bits per heavy atom. The van der Waals surface area contributed by atoms with E-state index in [1.165, 1.54) is 28.0 Å². The van der Waals surface area contributed by atoms with E-state index in [4.69, 9.17) is 5.11 Å². The van der Waals surface area contributed by atoms with Crippen LogP contribution in [0.15, 0.2) is 6.20 Å². The number of urea groups is 1. The number of aromatic nitrogens is 1. The summed E-state index contributed by atoms with van der Waals surface area (Å²) in [6, 6.07) is -1.08. The number of carboxylic acids is 1. The molecule has 2 N–H and O–H groups in total. The largest absolute Gasteiger partial charge is 0.480 e. The normalized spacial score (nSPS) is 18.9. The first-order valence-electron chi connectivity index (χ1n) is 5.34. The Morgan fingerprint density at radius 1 is 1.67 bits per heavy atom. The van der Waals surface area contributed by atoms with Gasteiger partial charge in [0, 0.05) is 16.8 Å². The van der Waals surface area contributed by atoms with Gasteiger partial charge in [0.05, 0.1) is 12.4 Å². The van der Waals surface area contributed by atoms with Crippen LogP contribution in [0.1, 0.15) is 9.88 Å². The van der Waals surface area contributed by atoms with Crippen molar-refractivity contribution in [1.82, 2.24) is 15.2 Å². The van der Waals surface area contributed by atoms with Crippen LogP contribution in [0.5, 0.6) is 0 Å². The minimum atomic E-state index is -0.958. The van der Waals surface area contributed by atoms with Gasteiger partial charge in [0.25, 0.3) is 0 Å². The summed E-state index contributed by atoms with van der Waals surface area (Å²) in [4.78, 5) is 29.4. The van der Waals surface area contributed by atoms with E-state index < -0.39 is 12.0 Å².